The van der Waals surface area contributed by atoms with E-state index in [1.54, 1.807) is 19.2 Å². The van der Waals surface area contributed by atoms with Crippen LogP contribution in [0.2, 0.25) is 0 Å². The summed E-state index contributed by atoms with van der Waals surface area (Å²) >= 11 is 0. The zero-order chi connectivity index (χ0) is 15.4. The van der Waals surface area contributed by atoms with Gasteiger partial charge in [-0.05, 0) is 38.5 Å². The minimum Gasteiger partial charge on any atom is -0.356 e. The van der Waals surface area contributed by atoms with Crippen molar-refractivity contribution in [3.63, 3.8) is 0 Å². The number of hydrogen-bond acceptors (Lipinski definition) is 1. The molecule has 0 saturated carbocycles. The second-order valence-electron chi connectivity index (χ2n) is 6.69. The average Bonchev–Trinajstić information content (AvgIpc) is 2.33. The molecule has 0 unspecified atom stereocenters. The first-order valence-electron chi connectivity index (χ1n) is 6.89. The van der Waals surface area contributed by atoms with E-state index in [0.717, 1.165) is 11.5 Å². The van der Waals surface area contributed by atoms with Gasteiger partial charge in [0, 0.05) is 24.5 Å². The predicted molar refractivity (Wildman–Crippen MR) is 99.1 cm³/mol. The topological polar surface area (TPSA) is 36.4 Å². The van der Waals surface area contributed by atoms with Crippen molar-refractivity contribution in [1.82, 2.24) is 10.6 Å². The Morgan fingerprint density at radius 2 is 1.81 bits per heavy atom. The molecule has 0 aliphatic carbocycles. The van der Waals surface area contributed by atoms with E-state index >= 15 is 0 Å². The Kier molecular flexibility index (Phi) is 7.64. The molecule has 0 spiro atoms. The molecule has 0 heterocycles. The van der Waals surface area contributed by atoms with Crippen molar-refractivity contribution in [3.05, 3.63) is 35.6 Å². The minimum absolute atomic E-state index is 0. The van der Waals surface area contributed by atoms with Gasteiger partial charge < -0.3 is 10.6 Å². The lowest BCUT2D eigenvalue weighted by Gasteiger charge is -2.29. The molecule has 2 N–H and O–H groups in total. The van der Waals surface area contributed by atoms with Gasteiger partial charge in [0.1, 0.15) is 5.82 Å². The molecule has 0 fully saturated rings. The summed E-state index contributed by atoms with van der Waals surface area (Å²) in [6.45, 7) is 11.1. The summed E-state index contributed by atoms with van der Waals surface area (Å²) in [4.78, 5) is 4.21. The van der Waals surface area contributed by atoms with Crippen LogP contribution in [-0.2, 0) is 5.41 Å². The van der Waals surface area contributed by atoms with Crippen molar-refractivity contribution in [2.45, 2.75) is 45.6 Å². The lowest BCUT2D eigenvalue weighted by molar-refractivity contribution is 0.475. The van der Waals surface area contributed by atoms with E-state index in [0.29, 0.717) is 6.54 Å². The van der Waals surface area contributed by atoms with Crippen LogP contribution >= 0.6 is 24.0 Å². The molecule has 0 aliphatic heterocycles. The smallest absolute Gasteiger partial charge is 0.191 e. The van der Waals surface area contributed by atoms with Crippen LogP contribution in [0.3, 0.4) is 0 Å². The average molecular weight is 407 g/mol. The van der Waals surface area contributed by atoms with Crippen molar-refractivity contribution >= 4 is 29.9 Å². The molecule has 1 aromatic carbocycles. The van der Waals surface area contributed by atoms with Crippen LogP contribution in [-0.4, -0.2) is 25.1 Å². The van der Waals surface area contributed by atoms with Gasteiger partial charge >= 0.3 is 0 Å². The largest absolute Gasteiger partial charge is 0.356 e. The van der Waals surface area contributed by atoms with Gasteiger partial charge in [-0.15, -0.1) is 24.0 Å². The zero-order valence-corrected chi connectivity index (χ0v) is 16.1. The van der Waals surface area contributed by atoms with E-state index in [1.165, 1.54) is 6.07 Å². The number of rotatable bonds is 3. The van der Waals surface area contributed by atoms with Crippen molar-refractivity contribution in [3.8, 4) is 0 Å². The second-order valence-corrected chi connectivity index (χ2v) is 6.69. The highest BCUT2D eigenvalue weighted by Crippen LogP contribution is 2.22. The summed E-state index contributed by atoms with van der Waals surface area (Å²) in [5.41, 5.74) is 0.735. The highest BCUT2D eigenvalue weighted by Gasteiger charge is 2.22. The number of benzene rings is 1. The molecule has 0 atom stereocenters. The quantitative estimate of drug-likeness (QED) is 0.456. The Hall–Kier alpha value is -0.850. The van der Waals surface area contributed by atoms with Crippen molar-refractivity contribution < 1.29 is 4.39 Å². The molecule has 21 heavy (non-hydrogen) atoms. The summed E-state index contributed by atoms with van der Waals surface area (Å²) in [6, 6.07) is 6.74. The number of nitrogens with one attached hydrogen (secondary N) is 2. The summed E-state index contributed by atoms with van der Waals surface area (Å²) in [6.07, 6.45) is 0. The van der Waals surface area contributed by atoms with Crippen LogP contribution in [0.5, 0.6) is 0 Å². The third-order valence-corrected chi connectivity index (χ3v) is 3.02. The highest BCUT2D eigenvalue weighted by molar-refractivity contribution is 14.0. The minimum atomic E-state index is -0.201. The molecule has 0 saturated heterocycles. The fourth-order valence-electron chi connectivity index (χ4n) is 1.85. The third-order valence-electron chi connectivity index (χ3n) is 3.02. The Labute approximate surface area is 144 Å². The molecule has 0 aromatic heterocycles. The molecule has 1 rings (SSSR count). The molecule has 0 bridgehead atoms. The lowest BCUT2D eigenvalue weighted by atomic mass is 9.84. The van der Waals surface area contributed by atoms with E-state index in [4.69, 9.17) is 0 Å². The molecule has 0 amide bonds. The van der Waals surface area contributed by atoms with Gasteiger partial charge in [-0.2, -0.15) is 0 Å². The van der Waals surface area contributed by atoms with Crippen LogP contribution in [0.15, 0.2) is 29.3 Å². The maximum absolute atomic E-state index is 13.3. The predicted octanol–water partition coefficient (Wildman–Crippen LogP) is 3.68. The maximum atomic E-state index is 13.3. The van der Waals surface area contributed by atoms with E-state index < -0.39 is 0 Å². The maximum Gasteiger partial charge on any atom is 0.191 e. The van der Waals surface area contributed by atoms with Gasteiger partial charge in [-0.1, -0.05) is 26.0 Å². The Morgan fingerprint density at radius 1 is 1.19 bits per heavy atom. The molecule has 1 aromatic rings. The fraction of sp³-hybridized carbons (Fsp3) is 0.562. The van der Waals surface area contributed by atoms with Crippen LogP contribution in [0.25, 0.3) is 0 Å². The highest BCUT2D eigenvalue weighted by atomic mass is 127. The van der Waals surface area contributed by atoms with E-state index in [9.17, 15) is 4.39 Å². The summed E-state index contributed by atoms with van der Waals surface area (Å²) in [7, 11) is 1.75. The van der Waals surface area contributed by atoms with E-state index in [2.05, 4.69) is 50.2 Å². The Balaban J connectivity index is 0.00000400. The SMILES string of the molecule is CN=C(NCC(C)(C)c1cccc(F)c1)NC(C)(C)C.I. The molecular formula is C16H27FIN3. The number of aliphatic imine (C=N–C) groups is 1. The molecule has 0 aliphatic rings. The second kappa shape index (κ2) is 7.96. The number of hydrogen-bond donors (Lipinski definition) is 2. The summed E-state index contributed by atoms with van der Waals surface area (Å²) < 4.78 is 13.3. The Morgan fingerprint density at radius 3 is 2.29 bits per heavy atom. The summed E-state index contributed by atoms with van der Waals surface area (Å²) in [5, 5.41) is 6.61. The van der Waals surface area contributed by atoms with Crippen molar-refractivity contribution in [2.75, 3.05) is 13.6 Å². The normalized spacial score (nSPS) is 12.6. The number of halogens is 2. The monoisotopic (exact) mass is 407 g/mol. The first-order chi connectivity index (χ1) is 9.14. The fourth-order valence-corrected chi connectivity index (χ4v) is 1.85. The van der Waals surface area contributed by atoms with Crippen LogP contribution < -0.4 is 10.6 Å². The van der Waals surface area contributed by atoms with Crippen LogP contribution in [0, 0.1) is 5.82 Å². The first kappa shape index (κ1) is 20.1. The van der Waals surface area contributed by atoms with Gasteiger partial charge in [0.05, 0.1) is 0 Å². The molecule has 3 nitrogen and oxygen atoms in total. The van der Waals surface area contributed by atoms with Crippen LogP contribution in [0.4, 0.5) is 4.39 Å². The third kappa shape index (κ3) is 7.11. The van der Waals surface area contributed by atoms with Gasteiger partial charge in [0.15, 0.2) is 5.96 Å². The zero-order valence-electron chi connectivity index (χ0n) is 13.7. The number of nitrogens with zero attached hydrogens (tertiary/aromatic N) is 1. The van der Waals surface area contributed by atoms with Crippen LogP contribution in [0.1, 0.15) is 40.2 Å². The molecule has 0 radical (unpaired) electrons. The lowest BCUT2D eigenvalue weighted by Crippen LogP contribution is -2.50. The van der Waals surface area contributed by atoms with E-state index in [-0.39, 0.29) is 40.7 Å². The number of guanidine groups is 1. The van der Waals surface area contributed by atoms with Gasteiger partial charge in [-0.25, -0.2) is 4.39 Å². The molecular weight excluding hydrogens is 380 g/mol. The van der Waals surface area contributed by atoms with Gasteiger partial charge in [-0.3, -0.25) is 4.99 Å². The summed E-state index contributed by atoms with van der Waals surface area (Å²) in [5.74, 6) is 0.551. The van der Waals surface area contributed by atoms with Gasteiger partial charge in [0.2, 0.25) is 0 Å². The van der Waals surface area contributed by atoms with Crippen molar-refractivity contribution in [1.29, 1.82) is 0 Å². The van der Waals surface area contributed by atoms with Crippen molar-refractivity contribution in [2.24, 2.45) is 4.99 Å². The Bertz CT molecular complexity index is 479. The standard InChI is InChI=1S/C16H26FN3.HI/c1-15(2,3)20-14(18-6)19-11-16(4,5)12-8-7-9-13(17)10-12;/h7-10H,11H2,1-6H3,(H2,18,19,20);1H. The molecule has 5 heteroatoms. The van der Waals surface area contributed by atoms with Gasteiger partial charge in [0.25, 0.3) is 0 Å². The van der Waals surface area contributed by atoms with E-state index in [1.807, 2.05) is 6.07 Å². The first-order valence-corrected chi connectivity index (χ1v) is 6.89. The molecule has 120 valence electrons.